The van der Waals surface area contributed by atoms with Crippen LogP contribution < -0.4 is 5.90 Å². The van der Waals surface area contributed by atoms with Crippen molar-refractivity contribution in [3.05, 3.63) is 58.6 Å². The maximum absolute atomic E-state index is 11.9. The molecule has 2 aromatic rings. The Morgan fingerprint density at radius 2 is 1.87 bits per heavy atom. The third-order valence-corrected chi connectivity index (χ3v) is 4.76. The van der Waals surface area contributed by atoms with Crippen molar-refractivity contribution >= 4 is 30.0 Å². The number of hydrogen-bond donors (Lipinski definition) is 1. The lowest BCUT2D eigenvalue weighted by Gasteiger charge is -2.15. The highest BCUT2D eigenvalue weighted by Gasteiger charge is 2.37. The fraction of sp³-hybridized carbons (Fsp3) is 0.278. The number of nitrogens with two attached hydrogens (primary N) is 1. The third-order valence-electron chi connectivity index (χ3n) is 4.50. The summed E-state index contributed by atoms with van der Waals surface area (Å²) < 4.78 is 0. The fourth-order valence-electron chi connectivity index (χ4n) is 3.40. The molecular weight excluding hydrogens is 333 g/mol. The van der Waals surface area contributed by atoms with Gasteiger partial charge in [-0.3, -0.25) is 4.79 Å². The minimum absolute atomic E-state index is 0. The van der Waals surface area contributed by atoms with E-state index in [1.54, 1.807) is 0 Å². The van der Waals surface area contributed by atoms with Crippen molar-refractivity contribution in [1.29, 1.82) is 0 Å². The van der Waals surface area contributed by atoms with Crippen LogP contribution in [0.3, 0.4) is 0 Å². The van der Waals surface area contributed by atoms with E-state index in [1.165, 1.54) is 11.1 Å². The first-order valence-electron chi connectivity index (χ1n) is 7.43. The maximum Gasteiger partial charge on any atom is 0.328 e. The predicted octanol–water partition coefficient (Wildman–Crippen LogP) is 4.51. The largest absolute Gasteiger partial charge is 0.373 e. The zero-order chi connectivity index (χ0) is 15.7. The molecule has 122 valence electrons. The standard InChI is InChI=1S/C18H18ClNO2.ClH/c1-2-15-16-8-5-12(11-3-6-14(19)7-4-11)9-13(16)10-17(15)18(21)22-20;/h3-9,15,17H,2,10,20H2,1H3;1H. The number of carbonyl (C=O) groups is 1. The molecule has 2 N–H and O–H groups in total. The molecule has 2 unspecified atom stereocenters. The normalized spacial score (nSPS) is 18.9. The minimum Gasteiger partial charge on any atom is -0.373 e. The summed E-state index contributed by atoms with van der Waals surface area (Å²) >= 11 is 5.94. The van der Waals surface area contributed by atoms with E-state index >= 15 is 0 Å². The molecule has 0 spiro atoms. The summed E-state index contributed by atoms with van der Waals surface area (Å²) in [6.45, 7) is 2.09. The Morgan fingerprint density at radius 3 is 2.48 bits per heavy atom. The highest BCUT2D eigenvalue weighted by atomic mass is 35.5. The number of halogens is 2. The molecule has 0 amide bonds. The van der Waals surface area contributed by atoms with Gasteiger partial charge in [0.2, 0.25) is 0 Å². The van der Waals surface area contributed by atoms with E-state index in [2.05, 4.69) is 30.0 Å². The molecule has 23 heavy (non-hydrogen) atoms. The molecule has 1 aliphatic carbocycles. The van der Waals surface area contributed by atoms with Gasteiger partial charge in [0.05, 0.1) is 5.92 Å². The lowest BCUT2D eigenvalue weighted by atomic mass is 9.90. The monoisotopic (exact) mass is 351 g/mol. The zero-order valence-electron chi connectivity index (χ0n) is 12.8. The van der Waals surface area contributed by atoms with Gasteiger partial charge in [0.25, 0.3) is 0 Å². The summed E-state index contributed by atoms with van der Waals surface area (Å²) in [7, 11) is 0. The van der Waals surface area contributed by atoms with Gasteiger partial charge < -0.3 is 4.84 Å². The number of carbonyl (C=O) groups excluding carboxylic acids is 1. The first-order chi connectivity index (χ1) is 10.6. The Labute approximate surface area is 147 Å². The first kappa shape index (κ1) is 17.8. The van der Waals surface area contributed by atoms with Crippen LogP contribution >= 0.6 is 24.0 Å². The second-order valence-electron chi connectivity index (χ2n) is 5.68. The van der Waals surface area contributed by atoms with E-state index in [-0.39, 0.29) is 30.2 Å². The smallest absolute Gasteiger partial charge is 0.328 e. The van der Waals surface area contributed by atoms with Gasteiger partial charge in [0.1, 0.15) is 0 Å². The molecule has 5 heteroatoms. The molecule has 3 nitrogen and oxygen atoms in total. The van der Waals surface area contributed by atoms with Crippen LogP contribution in [0, 0.1) is 5.92 Å². The van der Waals surface area contributed by atoms with Crippen molar-refractivity contribution in [3.63, 3.8) is 0 Å². The van der Waals surface area contributed by atoms with Crippen LogP contribution in [0.15, 0.2) is 42.5 Å². The first-order valence-corrected chi connectivity index (χ1v) is 7.81. The summed E-state index contributed by atoms with van der Waals surface area (Å²) in [6, 6.07) is 14.1. The molecule has 0 saturated carbocycles. The lowest BCUT2D eigenvalue weighted by Crippen LogP contribution is -2.24. The van der Waals surface area contributed by atoms with E-state index in [1.807, 2.05) is 24.3 Å². The molecule has 0 aliphatic heterocycles. The molecule has 2 atom stereocenters. The van der Waals surface area contributed by atoms with Crippen molar-refractivity contribution in [2.24, 2.45) is 11.8 Å². The van der Waals surface area contributed by atoms with E-state index < -0.39 is 0 Å². The molecule has 2 aromatic carbocycles. The topological polar surface area (TPSA) is 52.3 Å². The Kier molecular flexibility index (Phi) is 5.69. The van der Waals surface area contributed by atoms with Gasteiger partial charge in [-0.1, -0.05) is 48.9 Å². The van der Waals surface area contributed by atoms with Crippen molar-refractivity contribution in [1.82, 2.24) is 0 Å². The van der Waals surface area contributed by atoms with Gasteiger partial charge in [-0.25, -0.2) is 0 Å². The third kappa shape index (κ3) is 3.37. The van der Waals surface area contributed by atoms with Crippen LogP contribution in [0.25, 0.3) is 11.1 Å². The van der Waals surface area contributed by atoms with Gasteiger partial charge in [-0.05, 0) is 53.1 Å². The summed E-state index contributed by atoms with van der Waals surface area (Å²) in [5.74, 6) is 4.76. The quantitative estimate of drug-likeness (QED) is 0.827. The van der Waals surface area contributed by atoms with Gasteiger partial charge in [-0.2, -0.15) is 5.90 Å². The number of hydrogen-bond acceptors (Lipinski definition) is 3. The second-order valence-corrected chi connectivity index (χ2v) is 6.12. The highest BCUT2D eigenvalue weighted by molar-refractivity contribution is 6.30. The Morgan fingerprint density at radius 1 is 1.22 bits per heavy atom. The van der Waals surface area contributed by atoms with Crippen molar-refractivity contribution in [2.75, 3.05) is 0 Å². The van der Waals surface area contributed by atoms with Crippen LogP contribution in [0.4, 0.5) is 0 Å². The summed E-state index contributed by atoms with van der Waals surface area (Å²) in [6.07, 6.45) is 1.58. The average molecular weight is 352 g/mol. The second kappa shape index (κ2) is 7.35. The van der Waals surface area contributed by atoms with Gasteiger partial charge in [0.15, 0.2) is 0 Å². The molecular formula is C18H19Cl2NO2. The lowest BCUT2D eigenvalue weighted by molar-refractivity contribution is -0.149. The summed E-state index contributed by atoms with van der Waals surface area (Å²) in [5, 5.41) is 0.724. The Bertz CT molecular complexity index is 701. The Hall–Kier alpha value is -1.55. The average Bonchev–Trinajstić information content (AvgIpc) is 2.92. The molecule has 0 aromatic heterocycles. The molecule has 0 saturated heterocycles. The van der Waals surface area contributed by atoms with E-state index in [0.29, 0.717) is 6.42 Å². The SMILES string of the molecule is CCC1c2ccc(-c3ccc(Cl)cc3)cc2CC1C(=O)ON.Cl. The van der Waals surface area contributed by atoms with Crippen molar-refractivity contribution in [3.8, 4) is 11.1 Å². The number of rotatable bonds is 3. The van der Waals surface area contributed by atoms with E-state index in [9.17, 15) is 4.79 Å². The fourth-order valence-corrected chi connectivity index (χ4v) is 3.53. The van der Waals surface area contributed by atoms with Crippen molar-refractivity contribution < 1.29 is 9.63 Å². The van der Waals surface area contributed by atoms with E-state index in [4.69, 9.17) is 17.5 Å². The number of fused-ring (bicyclic) bond motifs is 1. The molecule has 1 aliphatic rings. The van der Waals surface area contributed by atoms with E-state index in [0.717, 1.165) is 22.6 Å². The van der Waals surface area contributed by atoms with Crippen LogP contribution in [-0.4, -0.2) is 5.97 Å². The maximum atomic E-state index is 11.9. The van der Waals surface area contributed by atoms with Crippen LogP contribution in [0.2, 0.25) is 5.02 Å². The van der Waals surface area contributed by atoms with Gasteiger partial charge in [0, 0.05) is 5.02 Å². The summed E-state index contributed by atoms with van der Waals surface area (Å²) in [5.41, 5.74) is 4.68. The Balaban J connectivity index is 0.00000192. The molecule has 0 heterocycles. The van der Waals surface area contributed by atoms with Crippen molar-refractivity contribution in [2.45, 2.75) is 25.7 Å². The van der Waals surface area contributed by atoms with Crippen LogP contribution in [0.5, 0.6) is 0 Å². The molecule has 3 rings (SSSR count). The van der Waals surface area contributed by atoms with Crippen LogP contribution in [0.1, 0.15) is 30.4 Å². The minimum atomic E-state index is -0.323. The highest BCUT2D eigenvalue weighted by Crippen LogP contribution is 2.42. The number of benzene rings is 2. The molecule has 0 fully saturated rings. The predicted molar refractivity (Wildman–Crippen MR) is 94.6 cm³/mol. The molecule has 0 bridgehead atoms. The van der Waals surface area contributed by atoms with Gasteiger partial charge in [-0.15, -0.1) is 12.4 Å². The van der Waals surface area contributed by atoms with Crippen LogP contribution in [-0.2, 0) is 16.1 Å². The zero-order valence-corrected chi connectivity index (χ0v) is 14.4. The molecule has 0 radical (unpaired) electrons. The summed E-state index contributed by atoms with van der Waals surface area (Å²) in [4.78, 5) is 16.4. The van der Waals surface area contributed by atoms with Gasteiger partial charge >= 0.3 is 5.97 Å².